The number of H-pyrrole nitrogens is 1. The van der Waals surface area contributed by atoms with Crippen molar-refractivity contribution in [3.05, 3.63) is 28.6 Å². The standard InChI is InChI=1S/C11H12N2O3/c1-3-16-11-12-9-5-4-7(15-2)6-8(9)10(14)13-11/h4-6H,3H2,1-2H3,(H,12,13,14). The summed E-state index contributed by atoms with van der Waals surface area (Å²) in [6.45, 7) is 2.29. The SMILES string of the molecule is CCOc1nc2ccc(OC)cc2c(=O)[nH]1. The van der Waals surface area contributed by atoms with Crippen LogP contribution >= 0.6 is 0 Å². The van der Waals surface area contributed by atoms with Crippen LogP contribution in [0.1, 0.15) is 6.92 Å². The van der Waals surface area contributed by atoms with Gasteiger partial charge in [0.05, 0.1) is 24.6 Å². The minimum Gasteiger partial charge on any atom is -0.497 e. The Morgan fingerprint density at radius 2 is 2.25 bits per heavy atom. The molecule has 0 unspecified atom stereocenters. The molecular formula is C11H12N2O3. The van der Waals surface area contributed by atoms with Crippen molar-refractivity contribution in [3.63, 3.8) is 0 Å². The van der Waals surface area contributed by atoms with E-state index in [0.717, 1.165) is 0 Å². The third-order valence-corrected chi connectivity index (χ3v) is 2.17. The highest BCUT2D eigenvalue weighted by Crippen LogP contribution is 2.17. The summed E-state index contributed by atoms with van der Waals surface area (Å²) in [5, 5.41) is 0.489. The molecule has 16 heavy (non-hydrogen) atoms. The monoisotopic (exact) mass is 220 g/mol. The average molecular weight is 220 g/mol. The predicted octanol–water partition coefficient (Wildman–Crippen LogP) is 1.33. The number of ether oxygens (including phenoxy) is 2. The number of fused-ring (bicyclic) bond motifs is 1. The molecule has 0 aliphatic carbocycles. The van der Waals surface area contributed by atoms with Gasteiger partial charge in [0, 0.05) is 0 Å². The van der Waals surface area contributed by atoms with E-state index in [1.54, 1.807) is 25.3 Å². The summed E-state index contributed by atoms with van der Waals surface area (Å²) in [5.74, 6) is 0.629. The molecular weight excluding hydrogens is 208 g/mol. The van der Waals surface area contributed by atoms with Crippen LogP contribution in [0.3, 0.4) is 0 Å². The van der Waals surface area contributed by atoms with E-state index < -0.39 is 0 Å². The zero-order chi connectivity index (χ0) is 11.5. The molecule has 5 nitrogen and oxygen atoms in total. The van der Waals surface area contributed by atoms with Gasteiger partial charge in [0.15, 0.2) is 0 Å². The van der Waals surface area contributed by atoms with Gasteiger partial charge in [0.25, 0.3) is 11.6 Å². The Balaban J connectivity index is 2.62. The number of hydrogen-bond donors (Lipinski definition) is 1. The third kappa shape index (κ3) is 1.84. The van der Waals surface area contributed by atoms with Crippen LogP contribution in [0, 0.1) is 0 Å². The maximum Gasteiger partial charge on any atom is 0.296 e. The third-order valence-electron chi connectivity index (χ3n) is 2.17. The molecule has 0 spiro atoms. The maximum absolute atomic E-state index is 11.7. The smallest absolute Gasteiger partial charge is 0.296 e. The molecule has 0 saturated carbocycles. The molecule has 0 fully saturated rings. The summed E-state index contributed by atoms with van der Waals surface area (Å²) in [6, 6.07) is 5.37. The number of benzene rings is 1. The highest BCUT2D eigenvalue weighted by molar-refractivity contribution is 5.79. The first-order valence-electron chi connectivity index (χ1n) is 4.95. The van der Waals surface area contributed by atoms with Crippen molar-refractivity contribution < 1.29 is 9.47 Å². The molecule has 0 aliphatic heterocycles. The summed E-state index contributed by atoms with van der Waals surface area (Å²) in [5.41, 5.74) is 0.361. The second kappa shape index (κ2) is 4.22. The number of nitrogens with one attached hydrogen (secondary N) is 1. The van der Waals surface area contributed by atoms with E-state index in [-0.39, 0.29) is 11.6 Å². The van der Waals surface area contributed by atoms with Gasteiger partial charge in [-0.05, 0) is 25.1 Å². The van der Waals surface area contributed by atoms with Gasteiger partial charge in [-0.2, -0.15) is 4.98 Å². The summed E-state index contributed by atoms with van der Waals surface area (Å²) < 4.78 is 10.2. The molecule has 0 radical (unpaired) electrons. The number of methoxy groups -OCH3 is 1. The molecule has 0 aliphatic rings. The van der Waals surface area contributed by atoms with Crippen molar-refractivity contribution in [1.82, 2.24) is 9.97 Å². The van der Waals surface area contributed by atoms with E-state index in [9.17, 15) is 4.79 Å². The number of rotatable bonds is 3. The molecule has 1 N–H and O–H groups in total. The molecule has 5 heteroatoms. The largest absolute Gasteiger partial charge is 0.497 e. The van der Waals surface area contributed by atoms with Crippen molar-refractivity contribution >= 4 is 10.9 Å². The van der Waals surface area contributed by atoms with Crippen molar-refractivity contribution in [1.29, 1.82) is 0 Å². The molecule has 1 aromatic carbocycles. The van der Waals surface area contributed by atoms with Crippen LogP contribution in [0.2, 0.25) is 0 Å². The average Bonchev–Trinajstić information content (AvgIpc) is 2.29. The van der Waals surface area contributed by atoms with Crippen LogP contribution < -0.4 is 15.0 Å². The minimum atomic E-state index is -0.229. The number of aromatic amines is 1. The van der Waals surface area contributed by atoms with Gasteiger partial charge in [-0.1, -0.05) is 0 Å². The summed E-state index contributed by atoms with van der Waals surface area (Å²) in [7, 11) is 1.55. The Hall–Kier alpha value is -2.04. The second-order valence-electron chi connectivity index (χ2n) is 3.19. The molecule has 1 aromatic heterocycles. The Morgan fingerprint density at radius 1 is 1.44 bits per heavy atom. The summed E-state index contributed by atoms with van der Waals surface area (Å²) in [6.07, 6.45) is 0. The van der Waals surface area contributed by atoms with Crippen molar-refractivity contribution in [3.8, 4) is 11.8 Å². The Kier molecular flexibility index (Phi) is 2.76. The van der Waals surface area contributed by atoms with Gasteiger partial charge < -0.3 is 9.47 Å². The first-order chi connectivity index (χ1) is 7.74. The van der Waals surface area contributed by atoms with Crippen LogP contribution in [0.15, 0.2) is 23.0 Å². The lowest BCUT2D eigenvalue weighted by atomic mass is 10.2. The van der Waals surface area contributed by atoms with Gasteiger partial charge in [0.1, 0.15) is 5.75 Å². The van der Waals surface area contributed by atoms with Gasteiger partial charge in [-0.25, -0.2) is 0 Å². The lowest BCUT2D eigenvalue weighted by Gasteiger charge is -2.04. The topological polar surface area (TPSA) is 64.2 Å². The number of aromatic nitrogens is 2. The zero-order valence-corrected chi connectivity index (χ0v) is 9.11. The lowest BCUT2D eigenvalue weighted by Crippen LogP contribution is -2.10. The fourth-order valence-electron chi connectivity index (χ4n) is 1.43. The van der Waals surface area contributed by atoms with Crippen LogP contribution in [-0.2, 0) is 0 Å². The Morgan fingerprint density at radius 3 is 2.94 bits per heavy atom. The van der Waals surface area contributed by atoms with E-state index in [2.05, 4.69) is 9.97 Å². The molecule has 1 heterocycles. The molecule has 0 amide bonds. The quantitative estimate of drug-likeness (QED) is 0.847. The first-order valence-corrected chi connectivity index (χ1v) is 4.95. The second-order valence-corrected chi connectivity index (χ2v) is 3.19. The zero-order valence-electron chi connectivity index (χ0n) is 9.11. The van der Waals surface area contributed by atoms with E-state index in [1.807, 2.05) is 6.92 Å². The highest BCUT2D eigenvalue weighted by Gasteiger charge is 2.05. The van der Waals surface area contributed by atoms with Gasteiger partial charge >= 0.3 is 0 Å². The van der Waals surface area contributed by atoms with E-state index in [0.29, 0.717) is 23.3 Å². The molecule has 2 aromatic rings. The summed E-state index contributed by atoms with van der Waals surface area (Å²) >= 11 is 0. The molecule has 84 valence electrons. The first kappa shape index (κ1) is 10.5. The minimum absolute atomic E-state index is 0.229. The highest BCUT2D eigenvalue weighted by atomic mass is 16.5. The van der Waals surface area contributed by atoms with Gasteiger partial charge in [-0.3, -0.25) is 9.78 Å². The molecule has 2 rings (SSSR count). The van der Waals surface area contributed by atoms with Crippen LogP contribution in [0.25, 0.3) is 10.9 Å². The van der Waals surface area contributed by atoms with E-state index >= 15 is 0 Å². The van der Waals surface area contributed by atoms with Crippen molar-refractivity contribution in [2.24, 2.45) is 0 Å². The Bertz CT molecular complexity index is 563. The number of nitrogens with zero attached hydrogens (tertiary/aromatic N) is 1. The van der Waals surface area contributed by atoms with E-state index in [4.69, 9.17) is 9.47 Å². The fraction of sp³-hybridized carbons (Fsp3) is 0.273. The normalized spacial score (nSPS) is 10.4. The predicted molar refractivity (Wildman–Crippen MR) is 60.1 cm³/mol. The Labute approximate surface area is 92.0 Å². The molecule has 0 bridgehead atoms. The lowest BCUT2D eigenvalue weighted by molar-refractivity contribution is 0.313. The van der Waals surface area contributed by atoms with Gasteiger partial charge in [0.2, 0.25) is 0 Å². The molecule has 0 saturated heterocycles. The van der Waals surface area contributed by atoms with Crippen LogP contribution in [0.5, 0.6) is 11.8 Å². The summed E-state index contributed by atoms with van der Waals surface area (Å²) in [4.78, 5) is 18.4. The van der Waals surface area contributed by atoms with E-state index in [1.165, 1.54) is 0 Å². The molecule has 0 atom stereocenters. The van der Waals surface area contributed by atoms with Crippen molar-refractivity contribution in [2.45, 2.75) is 6.92 Å². The van der Waals surface area contributed by atoms with Gasteiger partial charge in [-0.15, -0.1) is 0 Å². The van der Waals surface area contributed by atoms with Crippen molar-refractivity contribution in [2.75, 3.05) is 13.7 Å². The number of hydrogen-bond acceptors (Lipinski definition) is 4. The maximum atomic E-state index is 11.7. The fourth-order valence-corrected chi connectivity index (χ4v) is 1.43. The van der Waals surface area contributed by atoms with Crippen LogP contribution in [0.4, 0.5) is 0 Å². The van der Waals surface area contributed by atoms with Crippen LogP contribution in [-0.4, -0.2) is 23.7 Å².